The van der Waals surface area contributed by atoms with Crippen molar-refractivity contribution in [1.29, 1.82) is 0 Å². The summed E-state index contributed by atoms with van der Waals surface area (Å²) in [4.78, 5) is 4.83. The van der Waals surface area contributed by atoms with Gasteiger partial charge in [0.25, 0.3) is 0 Å². The van der Waals surface area contributed by atoms with E-state index in [9.17, 15) is 12.8 Å². The van der Waals surface area contributed by atoms with Gasteiger partial charge in [-0.3, -0.25) is 0 Å². The third kappa shape index (κ3) is 4.04. The van der Waals surface area contributed by atoms with E-state index in [4.69, 9.17) is 4.42 Å². The van der Waals surface area contributed by atoms with Crippen LogP contribution in [-0.4, -0.2) is 19.7 Å². The van der Waals surface area contributed by atoms with Crippen LogP contribution in [0.1, 0.15) is 17.0 Å². The SMILES string of the molecule is Cc1cccc(F)c1-c1nc(Cc2ccccc2)oc1-c1ccc(S(C)(=O)=O)cc1. The van der Waals surface area contributed by atoms with Gasteiger partial charge in [-0.15, -0.1) is 0 Å². The monoisotopic (exact) mass is 421 g/mol. The number of halogens is 1. The lowest BCUT2D eigenvalue weighted by Crippen LogP contribution is -1.96. The predicted molar refractivity (Wildman–Crippen MR) is 114 cm³/mol. The second-order valence-corrected chi connectivity index (χ2v) is 9.19. The number of aryl methyl sites for hydroxylation is 1. The Balaban J connectivity index is 1.85. The molecule has 0 bridgehead atoms. The molecular formula is C24H20FNO3S. The maximum atomic E-state index is 14.7. The van der Waals surface area contributed by atoms with Crippen molar-refractivity contribution < 1.29 is 17.2 Å². The van der Waals surface area contributed by atoms with Gasteiger partial charge in [-0.05, 0) is 48.4 Å². The molecule has 0 aliphatic rings. The lowest BCUT2D eigenvalue weighted by molar-refractivity contribution is 0.519. The molecule has 30 heavy (non-hydrogen) atoms. The molecule has 0 amide bonds. The van der Waals surface area contributed by atoms with Crippen molar-refractivity contribution in [2.24, 2.45) is 0 Å². The van der Waals surface area contributed by atoms with Crippen LogP contribution in [0.2, 0.25) is 0 Å². The van der Waals surface area contributed by atoms with Crippen LogP contribution in [0.3, 0.4) is 0 Å². The van der Waals surface area contributed by atoms with E-state index in [0.717, 1.165) is 17.4 Å². The fourth-order valence-corrected chi connectivity index (χ4v) is 3.99. The number of nitrogens with zero attached hydrogens (tertiary/aromatic N) is 1. The van der Waals surface area contributed by atoms with Gasteiger partial charge in [0.15, 0.2) is 21.5 Å². The highest BCUT2D eigenvalue weighted by Gasteiger charge is 2.22. The summed E-state index contributed by atoms with van der Waals surface area (Å²) in [6.45, 7) is 1.82. The minimum atomic E-state index is -3.32. The molecule has 3 aromatic carbocycles. The van der Waals surface area contributed by atoms with Crippen LogP contribution in [0.15, 0.2) is 82.1 Å². The van der Waals surface area contributed by atoms with Crippen LogP contribution in [0.25, 0.3) is 22.6 Å². The Hall–Kier alpha value is -3.25. The van der Waals surface area contributed by atoms with Gasteiger partial charge in [0.2, 0.25) is 0 Å². The second kappa shape index (κ2) is 7.88. The molecule has 0 atom stereocenters. The highest BCUT2D eigenvalue weighted by Crippen LogP contribution is 2.36. The maximum Gasteiger partial charge on any atom is 0.199 e. The summed E-state index contributed by atoms with van der Waals surface area (Å²) < 4.78 is 44.4. The van der Waals surface area contributed by atoms with Crippen LogP contribution in [0.5, 0.6) is 0 Å². The number of sulfone groups is 1. The summed E-state index contributed by atoms with van der Waals surface area (Å²) in [6, 6.07) is 21.0. The molecule has 4 aromatic rings. The van der Waals surface area contributed by atoms with Crippen molar-refractivity contribution >= 4 is 9.84 Å². The number of oxazole rings is 1. The van der Waals surface area contributed by atoms with Gasteiger partial charge in [-0.25, -0.2) is 17.8 Å². The van der Waals surface area contributed by atoms with E-state index in [1.165, 1.54) is 18.2 Å². The molecule has 1 aromatic heterocycles. The first kappa shape index (κ1) is 20.0. The molecular weight excluding hydrogens is 401 g/mol. The lowest BCUT2D eigenvalue weighted by Gasteiger charge is -2.07. The molecule has 152 valence electrons. The van der Waals surface area contributed by atoms with Crippen LogP contribution in [0, 0.1) is 12.7 Å². The van der Waals surface area contributed by atoms with E-state index in [0.29, 0.717) is 34.9 Å². The van der Waals surface area contributed by atoms with Gasteiger partial charge < -0.3 is 4.42 Å². The molecule has 0 fully saturated rings. The molecule has 0 unspecified atom stereocenters. The third-order valence-corrected chi connectivity index (χ3v) is 6.00. The quantitative estimate of drug-likeness (QED) is 0.430. The van der Waals surface area contributed by atoms with E-state index < -0.39 is 9.84 Å². The number of rotatable bonds is 5. The van der Waals surface area contributed by atoms with Crippen molar-refractivity contribution in [2.45, 2.75) is 18.2 Å². The number of benzene rings is 3. The average molecular weight is 421 g/mol. The summed E-state index contributed by atoms with van der Waals surface area (Å²) in [5.74, 6) is 0.485. The van der Waals surface area contributed by atoms with Crippen molar-refractivity contribution in [1.82, 2.24) is 4.98 Å². The summed E-state index contributed by atoms with van der Waals surface area (Å²) >= 11 is 0. The normalized spacial score (nSPS) is 11.6. The first-order chi connectivity index (χ1) is 14.3. The molecule has 4 rings (SSSR count). The maximum absolute atomic E-state index is 14.7. The number of hydrogen-bond acceptors (Lipinski definition) is 4. The topological polar surface area (TPSA) is 60.2 Å². The van der Waals surface area contributed by atoms with E-state index in [1.54, 1.807) is 18.2 Å². The van der Waals surface area contributed by atoms with Gasteiger partial charge in [0.05, 0.1) is 4.90 Å². The Labute approximate surface area is 175 Å². The number of aromatic nitrogens is 1. The molecule has 0 saturated heterocycles. The zero-order valence-electron chi connectivity index (χ0n) is 16.6. The summed E-state index contributed by atoms with van der Waals surface area (Å²) in [5.41, 5.74) is 3.18. The number of hydrogen-bond donors (Lipinski definition) is 0. The minimum Gasteiger partial charge on any atom is -0.440 e. The molecule has 0 saturated carbocycles. The Morgan fingerprint density at radius 3 is 2.27 bits per heavy atom. The average Bonchev–Trinajstić information content (AvgIpc) is 3.11. The molecule has 6 heteroatoms. The Morgan fingerprint density at radius 1 is 0.933 bits per heavy atom. The smallest absolute Gasteiger partial charge is 0.199 e. The summed E-state index contributed by atoms with van der Waals surface area (Å²) in [5, 5.41) is 0. The van der Waals surface area contributed by atoms with Crippen molar-refractivity contribution in [3.8, 4) is 22.6 Å². The first-order valence-electron chi connectivity index (χ1n) is 9.42. The van der Waals surface area contributed by atoms with Gasteiger partial charge in [0, 0.05) is 23.8 Å². The highest BCUT2D eigenvalue weighted by atomic mass is 32.2. The molecule has 1 heterocycles. The Morgan fingerprint density at radius 2 is 1.63 bits per heavy atom. The van der Waals surface area contributed by atoms with Gasteiger partial charge in [0.1, 0.15) is 11.5 Å². The summed E-state index contributed by atoms with van der Waals surface area (Å²) in [7, 11) is -3.32. The third-order valence-electron chi connectivity index (χ3n) is 4.87. The Bertz CT molecular complexity index is 1270. The first-order valence-corrected chi connectivity index (χ1v) is 11.3. The van der Waals surface area contributed by atoms with Gasteiger partial charge >= 0.3 is 0 Å². The van der Waals surface area contributed by atoms with Gasteiger partial charge in [-0.2, -0.15) is 0 Å². The van der Waals surface area contributed by atoms with E-state index in [1.807, 2.05) is 43.3 Å². The molecule has 0 aliphatic carbocycles. The summed E-state index contributed by atoms with van der Waals surface area (Å²) in [6.07, 6.45) is 1.62. The van der Waals surface area contributed by atoms with Crippen LogP contribution in [0.4, 0.5) is 4.39 Å². The van der Waals surface area contributed by atoms with Crippen LogP contribution >= 0.6 is 0 Å². The fourth-order valence-electron chi connectivity index (χ4n) is 3.36. The van der Waals surface area contributed by atoms with E-state index in [2.05, 4.69) is 4.98 Å². The zero-order valence-corrected chi connectivity index (χ0v) is 17.4. The predicted octanol–water partition coefficient (Wildman–Crippen LogP) is 5.45. The second-order valence-electron chi connectivity index (χ2n) is 7.18. The largest absolute Gasteiger partial charge is 0.440 e. The standard InChI is InChI=1S/C24H20FNO3S/c1-16-7-6-10-20(25)22(16)23-24(18-11-13-19(14-12-18)30(2,27)28)29-21(26-23)15-17-8-4-3-5-9-17/h3-14H,15H2,1-2H3. The Kier molecular flexibility index (Phi) is 5.26. The van der Waals surface area contributed by atoms with Crippen LogP contribution < -0.4 is 0 Å². The molecule has 0 aliphatic heterocycles. The lowest BCUT2D eigenvalue weighted by atomic mass is 10.0. The van der Waals surface area contributed by atoms with Gasteiger partial charge in [-0.1, -0.05) is 42.5 Å². The van der Waals surface area contributed by atoms with E-state index >= 15 is 0 Å². The highest BCUT2D eigenvalue weighted by molar-refractivity contribution is 7.90. The molecule has 4 nitrogen and oxygen atoms in total. The minimum absolute atomic E-state index is 0.207. The van der Waals surface area contributed by atoms with Crippen molar-refractivity contribution in [3.63, 3.8) is 0 Å². The van der Waals surface area contributed by atoms with Crippen molar-refractivity contribution in [3.05, 3.63) is 95.6 Å². The molecule has 0 radical (unpaired) electrons. The molecule has 0 N–H and O–H groups in total. The fraction of sp³-hybridized carbons (Fsp3) is 0.125. The van der Waals surface area contributed by atoms with E-state index in [-0.39, 0.29) is 10.7 Å². The van der Waals surface area contributed by atoms with Crippen molar-refractivity contribution in [2.75, 3.05) is 6.26 Å². The van der Waals surface area contributed by atoms with Crippen LogP contribution in [-0.2, 0) is 16.3 Å². The zero-order chi connectivity index (χ0) is 21.3. The molecule has 0 spiro atoms.